The second-order valence-electron chi connectivity index (χ2n) is 5.42. The summed E-state index contributed by atoms with van der Waals surface area (Å²) < 4.78 is 0. The molecule has 1 saturated heterocycles. The minimum atomic E-state index is 0.490. The van der Waals surface area contributed by atoms with E-state index in [2.05, 4.69) is 23.2 Å². The van der Waals surface area contributed by atoms with Crippen LogP contribution >= 0.6 is 11.6 Å². The van der Waals surface area contributed by atoms with Crippen molar-refractivity contribution in [2.24, 2.45) is 0 Å². The molecule has 108 valence electrons. The fourth-order valence-corrected chi connectivity index (χ4v) is 2.94. The van der Waals surface area contributed by atoms with Crippen molar-refractivity contribution in [3.63, 3.8) is 0 Å². The minimum Gasteiger partial charge on any atom is -0.382 e. The van der Waals surface area contributed by atoms with Gasteiger partial charge in [-0.05, 0) is 57.0 Å². The normalized spacial score (nSPS) is 20.1. The third kappa shape index (κ3) is 4.13. The summed E-state index contributed by atoms with van der Waals surface area (Å²) in [5.74, 6) is 0. The topological polar surface area (TPSA) is 39.1 Å². The molecule has 1 unspecified atom stereocenters. The Morgan fingerprint density at radius 2 is 2.25 bits per heavy atom. The highest BCUT2D eigenvalue weighted by atomic mass is 35.5. The van der Waals surface area contributed by atoms with Crippen molar-refractivity contribution in [1.82, 2.24) is 4.90 Å². The Bertz CT molecular complexity index is 481. The second-order valence-corrected chi connectivity index (χ2v) is 5.83. The number of hydrogen-bond donors (Lipinski definition) is 1. The molecule has 1 aliphatic rings. The van der Waals surface area contributed by atoms with Crippen LogP contribution in [0.2, 0.25) is 5.02 Å². The zero-order chi connectivity index (χ0) is 14.4. The summed E-state index contributed by atoms with van der Waals surface area (Å²) in [5.41, 5.74) is 1.54. The van der Waals surface area contributed by atoms with Gasteiger partial charge in [0.25, 0.3) is 0 Å². The van der Waals surface area contributed by atoms with Crippen molar-refractivity contribution in [2.45, 2.75) is 38.6 Å². The van der Waals surface area contributed by atoms with Crippen LogP contribution in [-0.2, 0) is 0 Å². The summed E-state index contributed by atoms with van der Waals surface area (Å²) in [7, 11) is 0. The number of hydrogen-bond acceptors (Lipinski definition) is 3. The van der Waals surface area contributed by atoms with E-state index in [-0.39, 0.29) is 0 Å². The summed E-state index contributed by atoms with van der Waals surface area (Å²) in [6.07, 6.45) is 4.80. The van der Waals surface area contributed by atoms with Crippen molar-refractivity contribution >= 4 is 17.3 Å². The van der Waals surface area contributed by atoms with Gasteiger partial charge in [-0.25, -0.2) is 0 Å². The Balaban J connectivity index is 1.95. The van der Waals surface area contributed by atoms with E-state index in [9.17, 15) is 0 Å². The molecule has 0 aliphatic carbocycles. The van der Waals surface area contributed by atoms with Crippen LogP contribution in [0.15, 0.2) is 18.2 Å². The molecule has 1 aromatic rings. The number of nitriles is 1. The molecule has 20 heavy (non-hydrogen) atoms. The SMILES string of the molecule is CCCN1CCCC(Nc2ccc(Cl)c(C#N)c2)CC1. The highest BCUT2D eigenvalue weighted by Crippen LogP contribution is 2.22. The first-order valence-corrected chi connectivity index (χ1v) is 7.79. The van der Waals surface area contributed by atoms with Gasteiger partial charge in [0, 0.05) is 18.3 Å². The van der Waals surface area contributed by atoms with E-state index >= 15 is 0 Å². The molecule has 4 heteroatoms. The van der Waals surface area contributed by atoms with E-state index in [1.165, 1.54) is 32.4 Å². The maximum absolute atomic E-state index is 9.02. The standard InChI is InChI=1S/C16H22ClN3/c1-2-8-20-9-3-4-14(7-10-20)19-15-5-6-16(17)13(11-15)12-18/h5-6,11,14,19H,2-4,7-10H2,1H3. The Morgan fingerprint density at radius 3 is 3.00 bits per heavy atom. The summed E-state index contributed by atoms with van der Waals surface area (Å²) in [6.45, 7) is 5.80. The van der Waals surface area contributed by atoms with E-state index < -0.39 is 0 Å². The molecule has 0 amide bonds. The van der Waals surface area contributed by atoms with Crippen LogP contribution in [-0.4, -0.2) is 30.6 Å². The van der Waals surface area contributed by atoms with E-state index in [4.69, 9.17) is 16.9 Å². The first-order valence-electron chi connectivity index (χ1n) is 7.41. The molecule has 1 heterocycles. The molecule has 0 aromatic heterocycles. The molecule has 1 fully saturated rings. The van der Waals surface area contributed by atoms with Crippen molar-refractivity contribution < 1.29 is 0 Å². The monoisotopic (exact) mass is 291 g/mol. The van der Waals surface area contributed by atoms with Crippen molar-refractivity contribution in [1.29, 1.82) is 5.26 Å². The average Bonchev–Trinajstić information content (AvgIpc) is 2.67. The van der Waals surface area contributed by atoms with Crippen LogP contribution in [0.5, 0.6) is 0 Å². The molecule has 0 bridgehead atoms. The summed E-state index contributed by atoms with van der Waals surface area (Å²) in [6, 6.07) is 8.21. The van der Waals surface area contributed by atoms with Gasteiger partial charge in [0.15, 0.2) is 0 Å². The lowest BCUT2D eigenvalue weighted by Crippen LogP contribution is -2.27. The molecule has 0 saturated carbocycles. The van der Waals surface area contributed by atoms with Crippen LogP contribution in [0.3, 0.4) is 0 Å². The number of anilines is 1. The van der Waals surface area contributed by atoms with Crippen LogP contribution in [0.1, 0.15) is 38.2 Å². The highest BCUT2D eigenvalue weighted by molar-refractivity contribution is 6.31. The minimum absolute atomic E-state index is 0.490. The maximum atomic E-state index is 9.02. The zero-order valence-corrected chi connectivity index (χ0v) is 12.8. The number of rotatable bonds is 4. The molecular weight excluding hydrogens is 270 g/mol. The van der Waals surface area contributed by atoms with E-state index in [1.54, 1.807) is 6.07 Å². The fraction of sp³-hybridized carbons (Fsp3) is 0.562. The van der Waals surface area contributed by atoms with Gasteiger partial charge < -0.3 is 10.2 Å². The molecule has 1 aromatic carbocycles. The molecular formula is C16H22ClN3. The van der Waals surface area contributed by atoms with Gasteiger partial charge in [0.2, 0.25) is 0 Å². The lowest BCUT2D eigenvalue weighted by Gasteiger charge is -2.20. The van der Waals surface area contributed by atoms with Crippen LogP contribution in [0.25, 0.3) is 0 Å². The number of nitrogens with zero attached hydrogens (tertiary/aromatic N) is 2. The van der Waals surface area contributed by atoms with Gasteiger partial charge in [-0.1, -0.05) is 18.5 Å². The number of halogens is 1. The van der Waals surface area contributed by atoms with E-state index in [0.29, 0.717) is 16.6 Å². The first kappa shape index (κ1) is 15.2. The van der Waals surface area contributed by atoms with Gasteiger partial charge in [-0.3, -0.25) is 0 Å². The zero-order valence-electron chi connectivity index (χ0n) is 12.0. The summed E-state index contributed by atoms with van der Waals surface area (Å²) in [4.78, 5) is 2.55. The molecule has 2 rings (SSSR count). The average molecular weight is 292 g/mol. The molecule has 0 spiro atoms. The van der Waals surface area contributed by atoms with Crippen molar-refractivity contribution in [3.8, 4) is 6.07 Å². The molecule has 1 aliphatic heterocycles. The van der Waals surface area contributed by atoms with Gasteiger partial charge in [0.05, 0.1) is 10.6 Å². The Morgan fingerprint density at radius 1 is 1.40 bits per heavy atom. The number of nitrogens with one attached hydrogen (secondary N) is 1. The predicted octanol–water partition coefficient (Wildman–Crippen LogP) is 3.89. The highest BCUT2D eigenvalue weighted by Gasteiger charge is 2.16. The lowest BCUT2D eigenvalue weighted by molar-refractivity contribution is 0.285. The van der Waals surface area contributed by atoms with Crippen LogP contribution in [0, 0.1) is 11.3 Å². The van der Waals surface area contributed by atoms with Crippen molar-refractivity contribution in [2.75, 3.05) is 25.0 Å². The second kappa shape index (κ2) is 7.52. The number of benzene rings is 1. The smallest absolute Gasteiger partial charge is 0.101 e. The van der Waals surface area contributed by atoms with E-state index in [1.807, 2.05) is 12.1 Å². The molecule has 1 atom stereocenters. The Labute approximate surface area is 126 Å². The Hall–Kier alpha value is -1.24. The summed E-state index contributed by atoms with van der Waals surface area (Å²) in [5, 5.41) is 13.1. The lowest BCUT2D eigenvalue weighted by atomic mass is 10.1. The molecule has 1 N–H and O–H groups in total. The van der Waals surface area contributed by atoms with Gasteiger partial charge in [-0.2, -0.15) is 5.26 Å². The third-order valence-corrected chi connectivity index (χ3v) is 4.15. The van der Waals surface area contributed by atoms with Gasteiger partial charge in [-0.15, -0.1) is 0 Å². The molecule has 3 nitrogen and oxygen atoms in total. The number of likely N-dealkylation sites (tertiary alicyclic amines) is 1. The third-order valence-electron chi connectivity index (χ3n) is 3.82. The predicted molar refractivity (Wildman–Crippen MR) is 84.2 cm³/mol. The Kier molecular flexibility index (Phi) is 5.70. The summed E-state index contributed by atoms with van der Waals surface area (Å²) >= 11 is 5.96. The van der Waals surface area contributed by atoms with Crippen LogP contribution < -0.4 is 5.32 Å². The fourth-order valence-electron chi connectivity index (χ4n) is 2.78. The quantitative estimate of drug-likeness (QED) is 0.915. The maximum Gasteiger partial charge on any atom is 0.101 e. The largest absolute Gasteiger partial charge is 0.382 e. The van der Waals surface area contributed by atoms with E-state index in [0.717, 1.165) is 18.7 Å². The van der Waals surface area contributed by atoms with Gasteiger partial charge >= 0.3 is 0 Å². The van der Waals surface area contributed by atoms with Gasteiger partial charge in [0.1, 0.15) is 6.07 Å². The van der Waals surface area contributed by atoms with Crippen molar-refractivity contribution in [3.05, 3.63) is 28.8 Å². The van der Waals surface area contributed by atoms with Crippen LogP contribution in [0.4, 0.5) is 5.69 Å². The first-order chi connectivity index (χ1) is 9.72. The molecule has 0 radical (unpaired) electrons.